The second kappa shape index (κ2) is 8.11. The third kappa shape index (κ3) is 3.03. The van der Waals surface area contributed by atoms with Crippen LogP contribution < -0.4 is 0 Å². The van der Waals surface area contributed by atoms with Gasteiger partial charge in [0.1, 0.15) is 11.2 Å². The van der Waals surface area contributed by atoms with Crippen molar-refractivity contribution in [2.45, 2.75) is 0 Å². The van der Waals surface area contributed by atoms with Gasteiger partial charge in [0, 0.05) is 49.2 Å². The van der Waals surface area contributed by atoms with Crippen LogP contribution in [0.2, 0.25) is 0 Å². The summed E-state index contributed by atoms with van der Waals surface area (Å²) in [4.78, 5) is 3.70. The van der Waals surface area contributed by atoms with Gasteiger partial charge in [-0.1, -0.05) is 66.7 Å². The van der Waals surface area contributed by atoms with Crippen molar-refractivity contribution in [2.75, 3.05) is 0 Å². The SMILES string of the molecule is [C-]#[N+]c1ccc2c3ccccc3n(-c3ccc4oc5ccc(-n6c7ccccc7c7ccccc76)cc5c4c3)c2c1. The molecule has 0 radical (unpaired) electrons. The summed E-state index contributed by atoms with van der Waals surface area (Å²) >= 11 is 0. The highest BCUT2D eigenvalue weighted by molar-refractivity contribution is 6.12. The molecule has 0 saturated heterocycles. The van der Waals surface area contributed by atoms with Gasteiger partial charge < -0.3 is 13.6 Å². The van der Waals surface area contributed by atoms with Gasteiger partial charge >= 0.3 is 0 Å². The number of nitrogens with zero attached hydrogens (tertiary/aromatic N) is 3. The lowest BCUT2D eigenvalue weighted by atomic mass is 10.1. The summed E-state index contributed by atoms with van der Waals surface area (Å²) < 4.78 is 10.9. The molecule has 41 heavy (non-hydrogen) atoms. The van der Waals surface area contributed by atoms with Crippen molar-refractivity contribution >= 4 is 71.2 Å². The van der Waals surface area contributed by atoms with Crippen LogP contribution in [0.25, 0.3) is 81.8 Å². The first-order valence-electron chi connectivity index (χ1n) is 13.6. The Bertz CT molecular complexity index is 2500. The maximum atomic E-state index is 7.59. The molecule has 0 amide bonds. The van der Waals surface area contributed by atoms with Crippen LogP contribution in [-0.4, -0.2) is 9.13 Å². The first kappa shape index (κ1) is 22.1. The maximum Gasteiger partial charge on any atom is 0.189 e. The number of furan rings is 1. The molecule has 0 aliphatic carbocycles. The van der Waals surface area contributed by atoms with Crippen molar-refractivity contribution < 1.29 is 4.42 Å². The van der Waals surface area contributed by atoms with E-state index in [2.05, 4.69) is 129 Å². The van der Waals surface area contributed by atoms with Crippen LogP contribution in [0.3, 0.4) is 0 Å². The molecular weight excluding hydrogens is 502 g/mol. The summed E-state index contributed by atoms with van der Waals surface area (Å²) in [5.74, 6) is 0. The van der Waals surface area contributed by atoms with Gasteiger partial charge in [-0.25, -0.2) is 4.85 Å². The Morgan fingerprint density at radius 2 is 0.902 bits per heavy atom. The lowest BCUT2D eigenvalue weighted by molar-refractivity contribution is 0.669. The number of fused-ring (bicyclic) bond motifs is 9. The van der Waals surface area contributed by atoms with Crippen molar-refractivity contribution in [3.8, 4) is 11.4 Å². The van der Waals surface area contributed by atoms with E-state index in [0.717, 1.165) is 49.7 Å². The van der Waals surface area contributed by atoms with Crippen LogP contribution in [0, 0.1) is 6.57 Å². The van der Waals surface area contributed by atoms with Crippen LogP contribution in [0.1, 0.15) is 0 Å². The third-order valence-corrected chi connectivity index (χ3v) is 8.32. The highest BCUT2D eigenvalue weighted by Crippen LogP contribution is 2.38. The molecule has 0 fully saturated rings. The van der Waals surface area contributed by atoms with E-state index in [1.54, 1.807) is 0 Å². The number of rotatable bonds is 2. The summed E-state index contributed by atoms with van der Waals surface area (Å²) in [6.45, 7) is 7.59. The first-order valence-corrected chi connectivity index (χ1v) is 13.6. The van der Waals surface area contributed by atoms with Crippen molar-refractivity contribution in [1.29, 1.82) is 0 Å². The molecule has 9 aromatic rings. The zero-order valence-electron chi connectivity index (χ0n) is 21.9. The minimum absolute atomic E-state index is 0.632. The molecule has 0 saturated carbocycles. The van der Waals surface area contributed by atoms with Crippen molar-refractivity contribution in [3.63, 3.8) is 0 Å². The predicted molar refractivity (Wildman–Crippen MR) is 169 cm³/mol. The molecule has 9 rings (SSSR count). The van der Waals surface area contributed by atoms with Gasteiger partial charge in [-0.15, -0.1) is 0 Å². The normalized spacial score (nSPS) is 11.9. The lowest BCUT2D eigenvalue weighted by Crippen LogP contribution is -1.94. The Kier molecular flexibility index (Phi) is 4.37. The number of aromatic nitrogens is 2. The van der Waals surface area contributed by atoms with Crippen LogP contribution >= 0.6 is 0 Å². The van der Waals surface area contributed by atoms with E-state index in [9.17, 15) is 0 Å². The Hall–Kier alpha value is -5.79. The fourth-order valence-electron chi connectivity index (χ4n) is 6.54. The first-order chi connectivity index (χ1) is 20.3. The molecule has 0 atom stereocenters. The molecule has 0 unspecified atom stereocenters. The second-order valence-corrected chi connectivity index (χ2v) is 10.5. The maximum absolute atomic E-state index is 7.59. The molecule has 0 aliphatic heterocycles. The van der Waals surface area contributed by atoms with Gasteiger partial charge in [0.05, 0.1) is 23.1 Å². The van der Waals surface area contributed by atoms with Crippen molar-refractivity contribution in [3.05, 3.63) is 139 Å². The van der Waals surface area contributed by atoms with E-state index in [1.807, 2.05) is 12.1 Å². The molecule has 0 aliphatic rings. The average Bonchev–Trinajstić information content (AvgIpc) is 3.67. The predicted octanol–water partition coefficient (Wildman–Crippen LogP) is 10.3. The molecule has 0 bridgehead atoms. The van der Waals surface area contributed by atoms with Gasteiger partial charge in [0.15, 0.2) is 5.69 Å². The summed E-state index contributed by atoms with van der Waals surface area (Å²) in [5.41, 5.74) is 8.99. The van der Waals surface area contributed by atoms with E-state index in [-0.39, 0.29) is 0 Å². The van der Waals surface area contributed by atoms with Gasteiger partial charge in [0.25, 0.3) is 0 Å². The van der Waals surface area contributed by atoms with E-state index in [1.165, 1.54) is 27.2 Å². The number of para-hydroxylation sites is 3. The minimum atomic E-state index is 0.632. The summed E-state index contributed by atoms with van der Waals surface area (Å²) in [6, 6.07) is 44.4. The van der Waals surface area contributed by atoms with E-state index in [0.29, 0.717) is 5.69 Å². The smallest absolute Gasteiger partial charge is 0.189 e. The van der Waals surface area contributed by atoms with Gasteiger partial charge in [0.2, 0.25) is 0 Å². The molecule has 4 nitrogen and oxygen atoms in total. The Morgan fingerprint density at radius 3 is 1.41 bits per heavy atom. The zero-order valence-corrected chi connectivity index (χ0v) is 21.9. The van der Waals surface area contributed by atoms with E-state index in [4.69, 9.17) is 11.0 Å². The molecule has 3 aromatic heterocycles. The average molecular weight is 524 g/mol. The van der Waals surface area contributed by atoms with Crippen LogP contribution in [0.4, 0.5) is 5.69 Å². The summed E-state index contributed by atoms with van der Waals surface area (Å²) in [6.07, 6.45) is 0. The Labute approximate surface area is 234 Å². The zero-order chi connectivity index (χ0) is 27.1. The fraction of sp³-hybridized carbons (Fsp3) is 0. The Balaban J connectivity index is 1.32. The molecule has 3 heterocycles. The monoisotopic (exact) mass is 523 g/mol. The molecule has 4 heteroatoms. The van der Waals surface area contributed by atoms with E-state index < -0.39 is 0 Å². The highest BCUT2D eigenvalue weighted by Gasteiger charge is 2.17. The quantitative estimate of drug-likeness (QED) is 0.207. The largest absolute Gasteiger partial charge is 0.456 e. The molecule has 0 spiro atoms. The molecular formula is C37H21N3O. The standard InChI is InChI=1S/C37H21N3O/c1-38-23-14-17-29-28-10-4-7-13-34(28)40(35(29)20-23)25-16-19-37-31(22-25)30-21-24(15-18-36(30)41-37)39-32-11-5-2-8-26(32)27-9-3-6-12-33(27)39/h2-22H. The van der Waals surface area contributed by atoms with Crippen molar-refractivity contribution in [1.82, 2.24) is 9.13 Å². The summed E-state index contributed by atoms with van der Waals surface area (Å²) in [7, 11) is 0. The second-order valence-electron chi connectivity index (χ2n) is 10.5. The lowest BCUT2D eigenvalue weighted by Gasteiger charge is -2.09. The molecule has 0 N–H and O–H groups in total. The molecule has 190 valence electrons. The van der Waals surface area contributed by atoms with E-state index >= 15 is 0 Å². The molecule has 6 aromatic carbocycles. The van der Waals surface area contributed by atoms with Gasteiger partial charge in [-0.3, -0.25) is 0 Å². The number of hydrogen-bond donors (Lipinski definition) is 0. The summed E-state index contributed by atoms with van der Waals surface area (Å²) in [5, 5.41) is 6.93. The number of hydrogen-bond acceptors (Lipinski definition) is 1. The minimum Gasteiger partial charge on any atom is -0.456 e. The van der Waals surface area contributed by atoms with Gasteiger partial charge in [-0.05, 0) is 60.7 Å². The van der Waals surface area contributed by atoms with Crippen molar-refractivity contribution in [2.24, 2.45) is 0 Å². The fourth-order valence-corrected chi connectivity index (χ4v) is 6.54. The van der Waals surface area contributed by atoms with Crippen LogP contribution in [-0.2, 0) is 0 Å². The van der Waals surface area contributed by atoms with Crippen LogP contribution in [0.5, 0.6) is 0 Å². The highest BCUT2D eigenvalue weighted by atomic mass is 16.3. The Morgan fingerprint density at radius 1 is 0.439 bits per heavy atom. The third-order valence-electron chi connectivity index (χ3n) is 8.32. The topological polar surface area (TPSA) is 27.4 Å². The van der Waals surface area contributed by atoms with Crippen LogP contribution in [0.15, 0.2) is 132 Å². The number of benzene rings is 6. The van der Waals surface area contributed by atoms with Gasteiger partial charge in [-0.2, -0.15) is 0 Å².